The van der Waals surface area contributed by atoms with Crippen LogP contribution in [0.2, 0.25) is 0 Å². The molecular formula is C10H15N3O6S2. The molecule has 0 aliphatic carbocycles. The smallest absolute Gasteiger partial charge is 0.258 e. The summed E-state index contributed by atoms with van der Waals surface area (Å²) in [5, 5.41) is 10.8. The Kier molecular flexibility index (Phi) is 5.78. The molecule has 0 bridgehead atoms. The molecule has 0 aliphatic heterocycles. The van der Waals surface area contributed by atoms with E-state index in [2.05, 4.69) is 9.44 Å². The van der Waals surface area contributed by atoms with Crippen LogP contribution in [0, 0.1) is 10.1 Å². The lowest BCUT2D eigenvalue weighted by Crippen LogP contribution is -2.29. The summed E-state index contributed by atoms with van der Waals surface area (Å²) < 4.78 is 49.9. The molecule has 0 saturated carbocycles. The van der Waals surface area contributed by atoms with Gasteiger partial charge in [0.05, 0.1) is 11.2 Å². The molecule has 0 amide bonds. The maximum absolute atomic E-state index is 12.0. The molecule has 1 rings (SSSR count). The molecule has 2 N–H and O–H groups in total. The van der Waals surface area contributed by atoms with E-state index in [-0.39, 0.29) is 19.5 Å². The van der Waals surface area contributed by atoms with Gasteiger partial charge in [0.15, 0.2) is 4.90 Å². The van der Waals surface area contributed by atoms with Crippen LogP contribution in [-0.2, 0) is 20.0 Å². The van der Waals surface area contributed by atoms with Gasteiger partial charge in [-0.05, 0) is 12.5 Å². The quantitative estimate of drug-likeness (QED) is 0.383. The zero-order valence-corrected chi connectivity index (χ0v) is 12.8. The zero-order chi connectivity index (χ0) is 16.1. The third kappa shape index (κ3) is 5.75. The van der Waals surface area contributed by atoms with Gasteiger partial charge in [0.25, 0.3) is 5.69 Å². The lowest BCUT2D eigenvalue weighted by atomic mass is 10.3. The first-order valence-electron chi connectivity index (χ1n) is 5.81. The Morgan fingerprint density at radius 3 is 2.24 bits per heavy atom. The number of hydrogen-bond acceptors (Lipinski definition) is 6. The van der Waals surface area contributed by atoms with E-state index in [9.17, 15) is 26.9 Å². The van der Waals surface area contributed by atoms with Gasteiger partial charge in [0, 0.05) is 19.2 Å². The van der Waals surface area contributed by atoms with E-state index in [1.807, 2.05) is 0 Å². The van der Waals surface area contributed by atoms with Crippen molar-refractivity contribution in [3.8, 4) is 0 Å². The van der Waals surface area contributed by atoms with Crippen LogP contribution in [0.4, 0.5) is 5.69 Å². The Labute approximate surface area is 122 Å². The second kappa shape index (κ2) is 6.93. The summed E-state index contributed by atoms with van der Waals surface area (Å²) in [6.45, 7) is 0.0230. The lowest BCUT2D eigenvalue weighted by Gasteiger charge is -2.07. The summed E-state index contributed by atoms with van der Waals surface area (Å²) >= 11 is 0. The molecule has 21 heavy (non-hydrogen) atoms. The monoisotopic (exact) mass is 337 g/mol. The van der Waals surface area contributed by atoms with Crippen molar-refractivity contribution in [2.75, 3.05) is 19.3 Å². The molecule has 0 saturated heterocycles. The highest BCUT2D eigenvalue weighted by atomic mass is 32.2. The molecule has 0 fully saturated rings. The topological polar surface area (TPSA) is 135 Å². The summed E-state index contributed by atoms with van der Waals surface area (Å²) in [5.41, 5.74) is -0.515. The van der Waals surface area contributed by atoms with Crippen molar-refractivity contribution < 1.29 is 21.8 Å². The van der Waals surface area contributed by atoms with Gasteiger partial charge in [-0.15, -0.1) is 0 Å². The summed E-state index contributed by atoms with van der Waals surface area (Å²) in [4.78, 5) is 9.59. The van der Waals surface area contributed by atoms with Crippen molar-refractivity contribution in [2.45, 2.75) is 11.3 Å². The minimum atomic E-state index is -4.02. The molecule has 1 aromatic rings. The predicted molar refractivity (Wildman–Crippen MR) is 75.7 cm³/mol. The standard InChI is InChI=1S/C10H15N3O6S2/c1-20(16,17)11-7-4-8-12-21(18,19)10-6-3-2-5-9(10)13(14)15/h2-3,5-6,11-12H,4,7-8H2,1H3. The second-order valence-corrected chi connectivity index (χ2v) is 7.71. The van der Waals surface area contributed by atoms with Gasteiger partial charge < -0.3 is 0 Å². The van der Waals surface area contributed by atoms with Crippen LogP contribution in [-0.4, -0.2) is 41.1 Å². The molecule has 0 atom stereocenters. The molecular weight excluding hydrogens is 322 g/mol. The molecule has 11 heteroatoms. The van der Waals surface area contributed by atoms with Crippen LogP contribution in [0.1, 0.15) is 6.42 Å². The van der Waals surface area contributed by atoms with Crippen molar-refractivity contribution >= 4 is 25.7 Å². The second-order valence-electron chi connectivity index (χ2n) is 4.14. The lowest BCUT2D eigenvalue weighted by molar-refractivity contribution is -0.387. The van der Waals surface area contributed by atoms with Gasteiger partial charge in [0.2, 0.25) is 20.0 Å². The van der Waals surface area contributed by atoms with Gasteiger partial charge in [-0.2, -0.15) is 0 Å². The van der Waals surface area contributed by atoms with Crippen molar-refractivity contribution in [1.29, 1.82) is 0 Å². The molecule has 0 unspecified atom stereocenters. The maximum atomic E-state index is 12.0. The highest BCUT2D eigenvalue weighted by Crippen LogP contribution is 2.22. The van der Waals surface area contributed by atoms with Gasteiger partial charge >= 0.3 is 0 Å². The van der Waals surface area contributed by atoms with Gasteiger partial charge in [0.1, 0.15) is 0 Å². The summed E-state index contributed by atoms with van der Waals surface area (Å²) in [7, 11) is -7.35. The number of nitrogens with one attached hydrogen (secondary N) is 2. The van der Waals surface area contributed by atoms with E-state index >= 15 is 0 Å². The Bertz CT molecular complexity index is 714. The highest BCUT2D eigenvalue weighted by molar-refractivity contribution is 7.89. The van der Waals surface area contributed by atoms with E-state index in [4.69, 9.17) is 0 Å². The fourth-order valence-electron chi connectivity index (χ4n) is 1.47. The van der Waals surface area contributed by atoms with E-state index in [0.29, 0.717) is 0 Å². The Morgan fingerprint density at radius 1 is 1.10 bits per heavy atom. The van der Waals surface area contributed by atoms with Crippen LogP contribution in [0.25, 0.3) is 0 Å². The minimum absolute atomic E-state index is 0.0447. The number of rotatable bonds is 8. The molecule has 0 heterocycles. The average Bonchev–Trinajstić information content (AvgIpc) is 2.36. The molecule has 0 aliphatic rings. The van der Waals surface area contributed by atoms with Crippen molar-refractivity contribution in [3.63, 3.8) is 0 Å². The van der Waals surface area contributed by atoms with Crippen LogP contribution in [0.5, 0.6) is 0 Å². The fourth-order valence-corrected chi connectivity index (χ4v) is 3.22. The van der Waals surface area contributed by atoms with Crippen molar-refractivity contribution in [1.82, 2.24) is 9.44 Å². The molecule has 9 nitrogen and oxygen atoms in total. The van der Waals surface area contributed by atoms with Crippen LogP contribution in [0.15, 0.2) is 29.2 Å². The van der Waals surface area contributed by atoms with Crippen LogP contribution >= 0.6 is 0 Å². The number of benzene rings is 1. The summed E-state index contributed by atoms with van der Waals surface area (Å²) in [5.74, 6) is 0. The third-order valence-corrected chi connectivity index (χ3v) is 4.60. The Morgan fingerprint density at radius 2 is 1.67 bits per heavy atom. The number of nitro groups is 1. The van der Waals surface area contributed by atoms with E-state index in [0.717, 1.165) is 18.4 Å². The van der Waals surface area contributed by atoms with Crippen LogP contribution < -0.4 is 9.44 Å². The summed E-state index contributed by atoms with van der Waals surface area (Å²) in [6, 6.07) is 4.98. The molecule has 1 aromatic carbocycles. The van der Waals surface area contributed by atoms with E-state index < -0.39 is 35.6 Å². The zero-order valence-electron chi connectivity index (χ0n) is 11.1. The first-order valence-corrected chi connectivity index (χ1v) is 9.19. The Balaban J connectivity index is 2.69. The Hall–Kier alpha value is -1.56. The predicted octanol–water partition coefficient (Wildman–Crippen LogP) is -0.188. The number of hydrogen-bond donors (Lipinski definition) is 2. The SMILES string of the molecule is CS(=O)(=O)NCCCNS(=O)(=O)c1ccccc1[N+](=O)[O-]. The normalized spacial score (nSPS) is 12.2. The maximum Gasteiger partial charge on any atom is 0.289 e. The van der Waals surface area contributed by atoms with Crippen molar-refractivity contribution in [3.05, 3.63) is 34.4 Å². The first-order chi connectivity index (χ1) is 9.63. The minimum Gasteiger partial charge on any atom is -0.258 e. The van der Waals surface area contributed by atoms with E-state index in [1.165, 1.54) is 12.1 Å². The number of nitrogens with zero attached hydrogens (tertiary/aromatic N) is 1. The summed E-state index contributed by atoms with van der Waals surface area (Å²) in [6.07, 6.45) is 1.21. The molecule has 0 aromatic heterocycles. The highest BCUT2D eigenvalue weighted by Gasteiger charge is 2.24. The first kappa shape index (κ1) is 17.5. The van der Waals surface area contributed by atoms with Crippen LogP contribution in [0.3, 0.4) is 0 Å². The van der Waals surface area contributed by atoms with E-state index in [1.54, 1.807) is 0 Å². The fraction of sp³-hybridized carbons (Fsp3) is 0.400. The van der Waals surface area contributed by atoms with Crippen molar-refractivity contribution in [2.24, 2.45) is 0 Å². The molecule has 118 valence electrons. The largest absolute Gasteiger partial charge is 0.289 e. The van der Waals surface area contributed by atoms with Gasteiger partial charge in [-0.25, -0.2) is 26.3 Å². The molecule has 0 spiro atoms. The third-order valence-electron chi connectivity index (χ3n) is 2.36. The number of sulfonamides is 2. The number of nitro benzene ring substituents is 1. The van der Waals surface area contributed by atoms with Gasteiger partial charge in [-0.3, -0.25) is 10.1 Å². The average molecular weight is 337 g/mol. The number of para-hydroxylation sites is 1. The van der Waals surface area contributed by atoms with Gasteiger partial charge in [-0.1, -0.05) is 12.1 Å². The molecule has 0 radical (unpaired) electrons.